The molecule has 2 rings (SSSR count). The van der Waals surface area contributed by atoms with E-state index in [0.717, 1.165) is 5.95 Å². The number of imidazole rings is 1. The largest absolute Gasteiger partial charge is 0.353 e. The van der Waals surface area contributed by atoms with E-state index in [9.17, 15) is 4.39 Å². The first-order valence-corrected chi connectivity index (χ1v) is 6.13. The van der Waals surface area contributed by atoms with Gasteiger partial charge in [-0.05, 0) is 26.8 Å². The number of nitrogens with one attached hydrogen (secondary N) is 1. The van der Waals surface area contributed by atoms with E-state index in [0.29, 0.717) is 11.6 Å². The Kier molecular flexibility index (Phi) is 3.65. The molecule has 1 aromatic carbocycles. The van der Waals surface area contributed by atoms with Crippen LogP contribution < -0.4 is 5.32 Å². The molecule has 0 bridgehead atoms. The molecule has 3 nitrogen and oxygen atoms in total. The fourth-order valence-electron chi connectivity index (χ4n) is 1.96. The zero-order chi connectivity index (χ0) is 13.1. The third-order valence-corrected chi connectivity index (χ3v) is 2.86. The lowest BCUT2D eigenvalue weighted by Gasteiger charge is -2.19. The van der Waals surface area contributed by atoms with Crippen LogP contribution in [0.4, 0.5) is 10.3 Å². The van der Waals surface area contributed by atoms with Crippen molar-refractivity contribution in [3.8, 4) is 0 Å². The second-order valence-corrected chi connectivity index (χ2v) is 4.65. The highest BCUT2D eigenvalue weighted by molar-refractivity contribution is 5.31. The van der Waals surface area contributed by atoms with Crippen LogP contribution in [0.1, 0.15) is 32.4 Å². The van der Waals surface area contributed by atoms with Crippen LogP contribution in [0.15, 0.2) is 36.7 Å². The van der Waals surface area contributed by atoms with E-state index < -0.39 is 0 Å². The lowest BCUT2D eigenvalue weighted by atomic mass is 10.1. The molecule has 1 heterocycles. The van der Waals surface area contributed by atoms with Crippen molar-refractivity contribution in [2.45, 2.75) is 32.9 Å². The Bertz CT molecular complexity index is 519. The number of anilines is 1. The molecule has 0 aliphatic carbocycles. The Balaban J connectivity index is 2.32. The summed E-state index contributed by atoms with van der Waals surface area (Å²) in [6.07, 6.45) is 3.59. The van der Waals surface area contributed by atoms with Crippen molar-refractivity contribution in [3.05, 3.63) is 48.0 Å². The maximum Gasteiger partial charge on any atom is 0.203 e. The molecule has 0 fully saturated rings. The van der Waals surface area contributed by atoms with Gasteiger partial charge in [0.2, 0.25) is 5.95 Å². The Morgan fingerprint density at radius 3 is 2.61 bits per heavy atom. The van der Waals surface area contributed by atoms with Crippen LogP contribution in [0.25, 0.3) is 0 Å². The molecule has 1 unspecified atom stereocenters. The van der Waals surface area contributed by atoms with Gasteiger partial charge >= 0.3 is 0 Å². The molecule has 2 aromatic rings. The molecule has 0 amide bonds. The minimum Gasteiger partial charge on any atom is -0.353 e. The predicted octanol–water partition coefficient (Wildman–Crippen LogP) is 3.45. The van der Waals surface area contributed by atoms with E-state index in [1.54, 1.807) is 18.3 Å². The fourth-order valence-corrected chi connectivity index (χ4v) is 1.96. The van der Waals surface area contributed by atoms with Crippen LogP contribution in [-0.4, -0.2) is 15.6 Å². The average molecular weight is 247 g/mol. The van der Waals surface area contributed by atoms with Gasteiger partial charge in [-0.2, -0.15) is 0 Å². The van der Waals surface area contributed by atoms with Crippen molar-refractivity contribution in [2.24, 2.45) is 0 Å². The second kappa shape index (κ2) is 5.21. The summed E-state index contributed by atoms with van der Waals surface area (Å²) in [6, 6.07) is 7.04. The zero-order valence-corrected chi connectivity index (χ0v) is 10.9. The minimum absolute atomic E-state index is 0.0880. The lowest BCUT2D eigenvalue weighted by Crippen LogP contribution is -2.17. The Morgan fingerprint density at radius 1 is 1.22 bits per heavy atom. The molecule has 1 aromatic heterocycles. The summed E-state index contributed by atoms with van der Waals surface area (Å²) in [5.74, 6) is 0.579. The summed E-state index contributed by atoms with van der Waals surface area (Å²) in [4.78, 5) is 4.26. The summed E-state index contributed by atoms with van der Waals surface area (Å²) >= 11 is 0. The summed E-state index contributed by atoms with van der Waals surface area (Å²) in [5.41, 5.74) is 0.669. The van der Waals surface area contributed by atoms with Gasteiger partial charge in [-0.25, -0.2) is 9.37 Å². The van der Waals surface area contributed by atoms with Crippen molar-refractivity contribution >= 4 is 5.95 Å². The molecule has 1 N–H and O–H groups in total. The fraction of sp³-hybridized carbons (Fsp3) is 0.357. The highest BCUT2D eigenvalue weighted by atomic mass is 19.1. The Labute approximate surface area is 107 Å². The standard InChI is InChI=1S/C14H18FN3/c1-10(2)17-14-16-8-9-18(14)11(3)12-6-4-5-7-13(12)15/h4-11H,1-3H3,(H,16,17). The average Bonchev–Trinajstić information content (AvgIpc) is 2.76. The number of hydrogen-bond donors (Lipinski definition) is 1. The lowest BCUT2D eigenvalue weighted by molar-refractivity contribution is 0.558. The minimum atomic E-state index is -0.186. The maximum atomic E-state index is 13.8. The Hall–Kier alpha value is -1.84. The number of hydrogen-bond acceptors (Lipinski definition) is 2. The normalized spacial score (nSPS) is 12.7. The molecule has 96 valence electrons. The molecular weight excluding hydrogens is 229 g/mol. The molecule has 0 spiro atoms. The van der Waals surface area contributed by atoms with Crippen LogP contribution in [0.5, 0.6) is 0 Å². The number of benzene rings is 1. The van der Waals surface area contributed by atoms with Gasteiger partial charge in [0.1, 0.15) is 5.82 Å². The summed E-state index contributed by atoms with van der Waals surface area (Å²) in [6.45, 7) is 6.06. The van der Waals surface area contributed by atoms with Gasteiger partial charge in [0.15, 0.2) is 0 Å². The van der Waals surface area contributed by atoms with Crippen molar-refractivity contribution in [3.63, 3.8) is 0 Å². The number of halogens is 1. The molecule has 0 aliphatic heterocycles. The first-order chi connectivity index (χ1) is 8.59. The SMILES string of the molecule is CC(C)Nc1nccn1C(C)c1ccccc1F. The molecular formula is C14H18FN3. The van der Waals surface area contributed by atoms with E-state index in [-0.39, 0.29) is 11.9 Å². The predicted molar refractivity (Wildman–Crippen MR) is 71.2 cm³/mol. The second-order valence-electron chi connectivity index (χ2n) is 4.65. The van der Waals surface area contributed by atoms with Gasteiger partial charge in [-0.15, -0.1) is 0 Å². The molecule has 4 heteroatoms. The number of rotatable bonds is 4. The number of aromatic nitrogens is 2. The smallest absolute Gasteiger partial charge is 0.203 e. The van der Waals surface area contributed by atoms with Crippen molar-refractivity contribution in [1.82, 2.24) is 9.55 Å². The molecule has 0 radical (unpaired) electrons. The van der Waals surface area contributed by atoms with E-state index >= 15 is 0 Å². The summed E-state index contributed by atoms with van der Waals surface area (Å²) < 4.78 is 15.7. The van der Waals surface area contributed by atoms with Gasteiger partial charge in [-0.1, -0.05) is 18.2 Å². The van der Waals surface area contributed by atoms with Crippen molar-refractivity contribution in [1.29, 1.82) is 0 Å². The topological polar surface area (TPSA) is 29.9 Å². The molecule has 0 saturated carbocycles. The third-order valence-electron chi connectivity index (χ3n) is 2.86. The molecule has 18 heavy (non-hydrogen) atoms. The van der Waals surface area contributed by atoms with Crippen molar-refractivity contribution in [2.75, 3.05) is 5.32 Å². The third kappa shape index (κ3) is 2.53. The van der Waals surface area contributed by atoms with Gasteiger partial charge in [-0.3, -0.25) is 0 Å². The first kappa shape index (κ1) is 12.6. The van der Waals surface area contributed by atoms with E-state index in [1.807, 2.05) is 37.6 Å². The van der Waals surface area contributed by atoms with E-state index in [2.05, 4.69) is 10.3 Å². The highest BCUT2D eigenvalue weighted by Crippen LogP contribution is 2.23. The van der Waals surface area contributed by atoms with E-state index in [1.165, 1.54) is 6.07 Å². The van der Waals surface area contributed by atoms with Gasteiger partial charge in [0.05, 0.1) is 6.04 Å². The first-order valence-electron chi connectivity index (χ1n) is 6.13. The summed E-state index contributed by atoms with van der Waals surface area (Å²) in [5, 5.41) is 3.25. The van der Waals surface area contributed by atoms with Crippen LogP contribution >= 0.6 is 0 Å². The Morgan fingerprint density at radius 2 is 1.94 bits per heavy atom. The monoisotopic (exact) mass is 247 g/mol. The van der Waals surface area contributed by atoms with Crippen LogP contribution in [-0.2, 0) is 0 Å². The summed E-state index contributed by atoms with van der Waals surface area (Å²) in [7, 11) is 0. The van der Waals surface area contributed by atoms with Crippen LogP contribution in [0.2, 0.25) is 0 Å². The zero-order valence-electron chi connectivity index (χ0n) is 10.9. The highest BCUT2D eigenvalue weighted by Gasteiger charge is 2.15. The number of nitrogens with zero attached hydrogens (tertiary/aromatic N) is 2. The van der Waals surface area contributed by atoms with Crippen LogP contribution in [0.3, 0.4) is 0 Å². The van der Waals surface area contributed by atoms with Crippen LogP contribution in [0, 0.1) is 5.82 Å². The molecule has 0 saturated heterocycles. The van der Waals surface area contributed by atoms with Gasteiger partial charge in [0.25, 0.3) is 0 Å². The van der Waals surface area contributed by atoms with Gasteiger partial charge < -0.3 is 9.88 Å². The molecule has 1 atom stereocenters. The molecule has 0 aliphatic rings. The van der Waals surface area contributed by atoms with E-state index in [4.69, 9.17) is 0 Å². The van der Waals surface area contributed by atoms with Gasteiger partial charge in [0, 0.05) is 24.0 Å². The van der Waals surface area contributed by atoms with Crippen molar-refractivity contribution < 1.29 is 4.39 Å². The maximum absolute atomic E-state index is 13.8. The quantitative estimate of drug-likeness (QED) is 0.896.